The zero-order valence-corrected chi connectivity index (χ0v) is 26.6. The van der Waals surface area contributed by atoms with E-state index in [0.717, 1.165) is 34.3 Å². The molecule has 0 unspecified atom stereocenters. The van der Waals surface area contributed by atoms with E-state index in [9.17, 15) is 14.7 Å². The summed E-state index contributed by atoms with van der Waals surface area (Å²) in [6, 6.07) is 20.2. The average Bonchev–Trinajstić information content (AvgIpc) is 3.55. The van der Waals surface area contributed by atoms with Gasteiger partial charge in [-0.3, -0.25) is 9.59 Å². The SMILES string of the molecule is C=C(CCN(CCO)CC(C)C)[C@H](NC(=O)c1ccc(CNCc2ncc[nH]2)cc1)C(=O)N[C@@H](C)c1cccc2ccccc12. The van der Waals surface area contributed by atoms with Crippen LogP contribution in [-0.4, -0.2) is 64.1 Å². The number of carbonyl (C=O) groups excluding carboxylic acids is 2. The minimum Gasteiger partial charge on any atom is -0.395 e. The molecule has 45 heavy (non-hydrogen) atoms. The number of nitrogens with one attached hydrogen (secondary N) is 4. The van der Waals surface area contributed by atoms with Crippen LogP contribution in [0.1, 0.15) is 60.5 Å². The third-order valence-electron chi connectivity index (χ3n) is 7.78. The van der Waals surface area contributed by atoms with Crippen molar-refractivity contribution in [3.05, 3.63) is 114 Å². The van der Waals surface area contributed by atoms with Crippen LogP contribution in [0.2, 0.25) is 0 Å². The Bertz CT molecular complexity index is 1530. The maximum Gasteiger partial charge on any atom is 0.252 e. The predicted octanol–water partition coefficient (Wildman–Crippen LogP) is 4.73. The van der Waals surface area contributed by atoms with E-state index in [1.54, 1.807) is 24.5 Å². The highest BCUT2D eigenvalue weighted by Gasteiger charge is 2.26. The summed E-state index contributed by atoms with van der Waals surface area (Å²) in [7, 11) is 0. The van der Waals surface area contributed by atoms with E-state index in [-0.39, 0.29) is 24.5 Å². The zero-order valence-electron chi connectivity index (χ0n) is 26.6. The average molecular weight is 611 g/mol. The lowest BCUT2D eigenvalue weighted by Crippen LogP contribution is -2.48. The number of aliphatic hydroxyl groups excluding tert-OH is 1. The number of aliphatic hydroxyl groups is 1. The van der Waals surface area contributed by atoms with Gasteiger partial charge in [-0.1, -0.05) is 75.0 Å². The van der Waals surface area contributed by atoms with Gasteiger partial charge in [0, 0.05) is 44.1 Å². The number of hydrogen-bond acceptors (Lipinski definition) is 6. The Balaban J connectivity index is 1.46. The van der Waals surface area contributed by atoms with Gasteiger partial charge in [0.25, 0.3) is 5.91 Å². The van der Waals surface area contributed by atoms with Crippen molar-refractivity contribution < 1.29 is 14.7 Å². The quantitative estimate of drug-likeness (QED) is 0.110. The van der Waals surface area contributed by atoms with E-state index < -0.39 is 6.04 Å². The van der Waals surface area contributed by atoms with Crippen molar-refractivity contribution in [1.82, 2.24) is 30.8 Å². The summed E-state index contributed by atoms with van der Waals surface area (Å²) in [5.41, 5.74) is 3.09. The molecule has 4 aromatic rings. The molecule has 0 spiro atoms. The van der Waals surface area contributed by atoms with E-state index >= 15 is 0 Å². The fourth-order valence-corrected chi connectivity index (χ4v) is 5.46. The first kappa shape index (κ1) is 33.6. The largest absolute Gasteiger partial charge is 0.395 e. The molecule has 5 N–H and O–H groups in total. The highest BCUT2D eigenvalue weighted by molar-refractivity contribution is 5.98. The normalized spacial score (nSPS) is 12.8. The summed E-state index contributed by atoms with van der Waals surface area (Å²) in [4.78, 5) is 36.7. The summed E-state index contributed by atoms with van der Waals surface area (Å²) in [5.74, 6) is 0.617. The molecule has 0 saturated carbocycles. The molecule has 9 nitrogen and oxygen atoms in total. The van der Waals surface area contributed by atoms with Gasteiger partial charge in [-0.2, -0.15) is 0 Å². The van der Waals surface area contributed by atoms with Gasteiger partial charge in [0.1, 0.15) is 11.9 Å². The van der Waals surface area contributed by atoms with Crippen LogP contribution in [0.15, 0.2) is 91.3 Å². The van der Waals surface area contributed by atoms with Crippen molar-refractivity contribution in [2.24, 2.45) is 5.92 Å². The van der Waals surface area contributed by atoms with Gasteiger partial charge >= 0.3 is 0 Å². The Kier molecular flexibility index (Phi) is 12.4. The summed E-state index contributed by atoms with van der Waals surface area (Å²) in [6.45, 7) is 13.7. The fourth-order valence-electron chi connectivity index (χ4n) is 5.46. The molecule has 0 saturated heterocycles. The molecule has 0 aliphatic heterocycles. The molecule has 2 amide bonds. The second kappa shape index (κ2) is 16.7. The van der Waals surface area contributed by atoms with Gasteiger partial charge in [0.05, 0.1) is 19.2 Å². The van der Waals surface area contributed by atoms with Crippen LogP contribution in [0.5, 0.6) is 0 Å². The Morgan fingerprint density at radius 3 is 2.42 bits per heavy atom. The van der Waals surface area contributed by atoms with E-state index in [4.69, 9.17) is 0 Å². The number of benzene rings is 3. The van der Waals surface area contributed by atoms with Crippen molar-refractivity contribution >= 4 is 22.6 Å². The molecule has 3 aromatic carbocycles. The smallest absolute Gasteiger partial charge is 0.252 e. The highest BCUT2D eigenvalue weighted by atomic mass is 16.3. The summed E-state index contributed by atoms with van der Waals surface area (Å²) in [5, 5.41) is 21.1. The van der Waals surface area contributed by atoms with Gasteiger partial charge in [0.2, 0.25) is 5.91 Å². The number of H-pyrrole nitrogens is 1. The third kappa shape index (κ3) is 9.84. The second-order valence-electron chi connectivity index (χ2n) is 11.9. The number of imidazole rings is 1. The Morgan fingerprint density at radius 1 is 0.956 bits per heavy atom. The van der Waals surface area contributed by atoms with Crippen LogP contribution < -0.4 is 16.0 Å². The molecular weight excluding hydrogens is 564 g/mol. The standard InChI is InChI=1S/C36H46N6O3/c1-25(2)24-42(20-21-43)19-16-26(3)34(36(45)40-27(4)31-11-7-9-29-8-5-6-10-32(29)31)41-35(44)30-14-12-28(13-15-30)22-37-23-33-38-17-18-39-33/h5-15,17-18,25,27,34,37,43H,3,16,19-24H2,1-2,4H3,(H,38,39)(H,40,45)(H,41,44)/t27-,34-/m0/s1. The summed E-state index contributed by atoms with van der Waals surface area (Å²) >= 11 is 0. The highest BCUT2D eigenvalue weighted by Crippen LogP contribution is 2.24. The number of rotatable bonds is 17. The van der Waals surface area contributed by atoms with E-state index in [2.05, 4.69) is 51.2 Å². The fraction of sp³-hybridized carbons (Fsp3) is 0.361. The summed E-state index contributed by atoms with van der Waals surface area (Å²) in [6.07, 6.45) is 4.00. The van der Waals surface area contributed by atoms with E-state index in [1.165, 1.54) is 0 Å². The molecule has 2 atom stereocenters. The van der Waals surface area contributed by atoms with Crippen LogP contribution in [0, 0.1) is 5.92 Å². The first-order valence-electron chi connectivity index (χ1n) is 15.6. The molecule has 238 valence electrons. The summed E-state index contributed by atoms with van der Waals surface area (Å²) < 4.78 is 0. The predicted molar refractivity (Wildman–Crippen MR) is 179 cm³/mol. The van der Waals surface area contributed by atoms with Crippen molar-refractivity contribution in [2.45, 2.75) is 52.4 Å². The Labute approximate surface area is 266 Å². The molecule has 0 fully saturated rings. The number of amides is 2. The van der Waals surface area contributed by atoms with Gasteiger partial charge < -0.3 is 30.9 Å². The van der Waals surface area contributed by atoms with E-state index in [0.29, 0.717) is 49.7 Å². The lowest BCUT2D eigenvalue weighted by molar-refractivity contribution is -0.122. The van der Waals surface area contributed by atoms with E-state index in [1.807, 2.05) is 61.5 Å². The number of hydrogen-bond donors (Lipinski definition) is 5. The van der Waals surface area contributed by atoms with Crippen molar-refractivity contribution in [1.29, 1.82) is 0 Å². The number of fused-ring (bicyclic) bond motifs is 1. The molecule has 9 heteroatoms. The van der Waals surface area contributed by atoms with Crippen molar-refractivity contribution in [2.75, 3.05) is 26.2 Å². The minimum absolute atomic E-state index is 0.0523. The monoisotopic (exact) mass is 610 g/mol. The van der Waals surface area contributed by atoms with Gasteiger partial charge in [0.15, 0.2) is 0 Å². The number of carbonyl (C=O) groups is 2. The maximum absolute atomic E-state index is 13.8. The molecule has 0 radical (unpaired) electrons. The number of nitrogens with zero attached hydrogens (tertiary/aromatic N) is 2. The second-order valence-corrected chi connectivity index (χ2v) is 11.9. The topological polar surface area (TPSA) is 122 Å². The van der Waals surface area contributed by atoms with Crippen LogP contribution in [-0.2, 0) is 17.9 Å². The lowest BCUT2D eigenvalue weighted by Gasteiger charge is -2.27. The van der Waals surface area contributed by atoms with Crippen LogP contribution in [0.25, 0.3) is 10.8 Å². The number of aromatic amines is 1. The van der Waals surface area contributed by atoms with Crippen molar-refractivity contribution in [3.63, 3.8) is 0 Å². The zero-order chi connectivity index (χ0) is 32.2. The van der Waals surface area contributed by atoms with Crippen LogP contribution >= 0.6 is 0 Å². The third-order valence-corrected chi connectivity index (χ3v) is 7.78. The molecular formula is C36H46N6O3. The molecule has 0 aliphatic carbocycles. The van der Waals surface area contributed by atoms with Crippen molar-refractivity contribution in [3.8, 4) is 0 Å². The minimum atomic E-state index is -0.931. The first-order valence-corrected chi connectivity index (χ1v) is 15.6. The van der Waals surface area contributed by atoms with Gasteiger partial charge in [-0.25, -0.2) is 4.98 Å². The molecule has 0 aliphatic rings. The van der Waals surface area contributed by atoms with Crippen LogP contribution in [0.4, 0.5) is 0 Å². The number of aromatic nitrogens is 2. The maximum atomic E-state index is 13.8. The molecule has 1 aromatic heterocycles. The molecule has 0 bridgehead atoms. The lowest BCUT2D eigenvalue weighted by atomic mass is 9.98. The van der Waals surface area contributed by atoms with Gasteiger partial charge in [-0.15, -0.1) is 0 Å². The first-order chi connectivity index (χ1) is 21.7. The molecule has 1 heterocycles. The molecule has 4 rings (SSSR count). The Hall–Kier alpha value is -4.31. The van der Waals surface area contributed by atoms with Gasteiger partial charge in [-0.05, 0) is 58.9 Å². The Morgan fingerprint density at radius 2 is 1.71 bits per heavy atom. The van der Waals surface area contributed by atoms with Crippen LogP contribution in [0.3, 0.4) is 0 Å².